The highest BCUT2D eigenvalue weighted by molar-refractivity contribution is 5.30. The van der Waals surface area contributed by atoms with Gasteiger partial charge in [-0.2, -0.15) is 8.78 Å². The van der Waals surface area contributed by atoms with Crippen LogP contribution in [0.25, 0.3) is 0 Å². The number of alkyl halides is 2. The Morgan fingerprint density at radius 2 is 1.25 bits per heavy atom. The molecule has 2 fully saturated rings. The Morgan fingerprint density at radius 3 is 1.78 bits per heavy atom. The zero-order valence-electron chi connectivity index (χ0n) is 20.2. The van der Waals surface area contributed by atoms with Crippen molar-refractivity contribution < 1.29 is 35.5 Å². The van der Waals surface area contributed by atoms with Crippen molar-refractivity contribution in [2.24, 2.45) is 5.92 Å². The summed E-state index contributed by atoms with van der Waals surface area (Å²) in [5.74, 6) is -7.01. The summed E-state index contributed by atoms with van der Waals surface area (Å²) in [6.07, 6.45) is -0.689. The molecule has 0 atom stereocenters. The van der Waals surface area contributed by atoms with Crippen molar-refractivity contribution >= 4 is 0 Å². The lowest BCUT2D eigenvalue weighted by molar-refractivity contribution is -0.300. The smallest absolute Gasteiger partial charge is 0.317 e. The molecular formula is C28H31F7O. The summed E-state index contributed by atoms with van der Waals surface area (Å²) in [5.41, 5.74) is 0.899. The molecule has 2 aliphatic rings. The predicted octanol–water partition coefficient (Wildman–Crippen LogP) is 8.94. The highest BCUT2D eigenvalue weighted by Crippen LogP contribution is 2.46. The fraction of sp³-hybridized carbons (Fsp3) is 0.571. The second-order valence-electron chi connectivity index (χ2n) is 10.2. The minimum atomic E-state index is -3.38. The summed E-state index contributed by atoms with van der Waals surface area (Å²) in [6.45, 7) is 1.92. The first kappa shape index (κ1) is 27.0. The quantitative estimate of drug-likeness (QED) is 0.264. The molecule has 8 heteroatoms. The lowest BCUT2D eigenvalue weighted by Gasteiger charge is -2.37. The summed E-state index contributed by atoms with van der Waals surface area (Å²) in [4.78, 5) is 0. The Hall–Kier alpha value is -2.09. The van der Waals surface area contributed by atoms with Crippen LogP contribution in [0.1, 0.15) is 93.2 Å². The summed E-state index contributed by atoms with van der Waals surface area (Å²) >= 11 is 0. The molecule has 0 N–H and O–H groups in total. The second kappa shape index (κ2) is 11.1. The highest BCUT2D eigenvalue weighted by atomic mass is 19.3. The molecular weight excluding hydrogens is 485 g/mol. The normalized spacial score (nSPS) is 25.2. The average molecular weight is 517 g/mol. The van der Waals surface area contributed by atoms with Crippen LogP contribution in [0.2, 0.25) is 0 Å². The van der Waals surface area contributed by atoms with Crippen LogP contribution in [-0.4, -0.2) is 12.2 Å². The standard InChI is InChI=1S/C28H31F7O/c1-2-3-16-12-22(29)26(23(30)13-16)18-4-8-20(9-5-18)28(34,35)36-21-10-6-17(7-11-21)19-14-24(31)27(33)25(32)15-19/h12-15,17-18,20-21H,2-11H2,1H3. The minimum Gasteiger partial charge on any atom is -0.317 e. The Bertz CT molecular complexity index is 1010. The number of halogens is 7. The van der Waals surface area contributed by atoms with Crippen LogP contribution in [0.4, 0.5) is 30.7 Å². The van der Waals surface area contributed by atoms with Crippen LogP contribution in [-0.2, 0) is 11.2 Å². The number of aryl methyl sites for hydroxylation is 1. The van der Waals surface area contributed by atoms with E-state index in [2.05, 4.69) is 0 Å². The van der Waals surface area contributed by atoms with Crippen LogP contribution in [0.5, 0.6) is 0 Å². The molecule has 0 unspecified atom stereocenters. The monoisotopic (exact) mass is 516 g/mol. The second-order valence-corrected chi connectivity index (χ2v) is 10.2. The molecule has 2 saturated carbocycles. The zero-order valence-corrected chi connectivity index (χ0v) is 20.2. The molecule has 0 spiro atoms. The molecule has 0 saturated heterocycles. The van der Waals surface area contributed by atoms with Crippen molar-refractivity contribution in [2.75, 3.05) is 0 Å². The number of benzene rings is 2. The Labute approximate surface area is 207 Å². The Morgan fingerprint density at radius 1 is 0.722 bits per heavy atom. The van der Waals surface area contributed by atoms with E-state index >= 15 is 0 Å². The maximum atomic E-state index is 15.0. The maximum absolute atomic E-state index is 15.0. The van der Waals surface area contributed by atoms with Gasteiger partial charge in [-0.1, -0.05) is 13.3 Å². The lowest BCUT2D eigenvalue weighted by Crippen LogP contribution is -2.38. The number of hydrogen-bond donors (Lipinski definition) is 0. The fourth-order valence-corrected chi connectivity index (χ4v) is 5.82. The number of hydrogen-bond acceptors (Lipinski definition) is 1. The molecule has 0 aliphatic heterocycles. The van der Waals surface area contributed by atoms with E-state index in [0.717, 1.165) is 18.6 Å². The lowest BCUT2D eigenvalue weighted by atomic mass is 9.77. The van der Waals surface area contributed by atoms with Crippen LogP contribution >= 0.6 is 0 Å². The summed E-state index contributed by atoms with van der Waals surface area (Å²) in [6, 6.07) is 4.61. The van der Waals surface area contributed by atoms with Gasteiger partial charge in [0.1, 0.15) is 11.6 Å². The average Bonchev–Trinajstić information content (AvgIpc) is 2.82. The Kier molecular flexibility index (Phi) is 8.32. The highest BCUT2D eigenvalue weighted by Gasteiger charge is 2.45. The first-order valence-electron chi connectivity index (χ1n) is 12.8. The van der Waals surface area contributed by atoms with Gasteiger partial charge < -0.3 is 4.74 Å². The van der Waals surface area contributed by atoms with Crippen molar-refractivity contribution in [1.82, 2.24) is 0 Å². The van der Waals surface area contributed by atoms with E-state index in [4.69, 9.17) is 4.74 Å². The molecule has 4 rings (SSSR count). The van der Waals surface area contributed by atoms with Gasteiger partial charge in [0.15, 0.2) is 17.5 Å². The van der Waals surface area contributed by atoms with Crippen molar-refractivity contribution in [3.05, 3.63) is 70.0 Å². The van der Waals surface area contributed by atoms with Gasteiger partial charge in [-0.3, -0.25) is 0 Å². The largest absolute Gasteiger partial charge is 0.358 e. The van der Waals surface area contributed by atoms with Crippen molar-refractivity contribution in [3.8, 4) is 0 Å². The molecule has 36 heavy (non-hydrogen) atoms. The maximum Gasteiger partial charge on any atom is 0.358 e. The van der Waals surface area contributed by atoms with Gasteiger partial charge >= 0.3 is 6.11 Å². The molecule has 0 heterocycles. The minimum absolute atomic E-state index is 0.00970. The third-order valence-corrected chi connectivity index (χ3v) is 7.76. The first-order chi connectivity index (χ1) is 17.1. The summed E-state index contributed by atoms with van der Waals surface area (Å²) in [7, 11) is 0. The molecule has 0 amide bonds. The van der Waals surface area contributed by atoms with Gasteiger partial charge in [0, 0.05) is 5.56 Å². The third-order valence-electron chi connectivity index (χ3n) is 7.76. The molecule has 0 aromatic heterocycles. The molecule has 198 valence electrons. The van der Waals surface area contributed by atoms with Crippen molar-refractivity contribution in [3.63, 3.8) is 0 Å². The van der Waals surface area contributed by atoms with E-state index in [1.807, 2.05) is 6.92 Å². The van der Waals surface area contributed by atoms with E-state index in [0.29, 0.717) is 30.4 Å². The summed E-state index contributed by atoms with van der Waals surface area (Å²) < 4.78 is 105. The van der Waals surface area contributed by atoms with Gasteiger partial charge in [0.05, 0.1) is 12.0 Å². The van der Waals surface area contributed by atoms with E-state index in [1.165, 1.54) is 12.1 Å². The van der Waals surface area contributed by atoms with E-state index in [1.54, 1.807) is 0 Å². The van der Waals surface area contributed by atoms with E-state index in [9.17, 15) is 30.7 Å². The molecule has 1 nitrogen and oxygen atoms in total. The van der Waals surface area contributed by atoms with Gasteiger partial charge in [-0.15, -0.1) is 0 Å². The molecule has 2 aliphatic carbocycles. The van der Waals surface area contributed by atoms with Gasteiger partial charge in [-0.25, -0.2) is 22.0 Å². The topological polar surface area (TPSA) is 9.23 Å². The van der Waals surface area contributed by atoms with Crippen LogP contribution in [0.3, 0.4) is 0 Å². The van der Waals surface area contributed by atoms with Gasteiger partial charge in [-0.05, 0) is 105 Å². The first-order valence-corrected chi connectivity index (χ1v) is 12.8. The molecule has 2 aromatic carbocycles. The number of ether oxygens (including phenoxy) is 1. The molecule has 0 bridgehead atoms. The zero-order chi connectivity index (χ0) is 26.0. The third kappa shape index (κ3) is 5.90. The summed E-state index contributed by atoms with van der Waals surface area (Å²) in [5, 5.41) is 0. The van der Waals surface area contributed by atoms with Gasteiger partial charge in [0.2, 0.25) is 0 Å². The van der Waals surface area contributed by atoms with Crippen molar-refractivity contribution in [1.29, 1.82) is 0 Å². The molecule has 2 aromatic rings. The van der Waals surface area contributed by atoms with E-state index < -0.39 is 53.1 Å². The number of rotatable bonds is 7. The Balaban J connectivity index is 1.31. The SMILES string of the molecule is CCCc1cc(F)c(C2CCC(C(F)(F)OC3CCC(c4cc(F)c(F)c(F)c4)CC3)CC2)c(F)c1. The fourth-order valence-electron chi connectivity index (χ4n) is 5.82. The van der Waals surface area contributed by atoms with Crippen LogP contribution in [0.15, 0.2) is 24.3 Å². The van der Waals surface area contributed by atoms with Gasteiger partial charge in [0.25, 0.3) is 0 Å². The predicted molar refractivity (Wildman–Crippen MR) is 122 cm³/mol. The van der Waals surface area contributed by atoms with Crippen LogP contribution in [0, 0.1) is 35.0 Å². The van der Waals surface area contributed by atoms with Crippen LogP contribution < -0.4 is 0 Å². The van der Waals surface area contributed by atoms with Crippen molar-refractivity contribution in [2.45, 2.75) is 95.2 Å². The van der Waals surface area contributed by atoms with E-state index in [-0.39, 0.29) is 50.0 Å². The molecule has 0 radical (unpaired) electrons.